The number of hydrogen-bond acceptors (Lipinski definition) is 2. The molecule has 0 spiro atoms. The highest BCUT2D eigenvalue weighted by atomic mass is 16.1. The van der Waals surface area contributed by atoms with Gasteiger partial charge in [0.25, 0.3) is 0 Å². The molecule has 0 saturated carbocycles. The Morgan fingerprint density at radius 1 is 1.17 bits per heavy atom. The molecule has 0 saturated heterocycles. The predicted octanol–water partition coefficient (Wildman–Crippen LogP) is 2.28. The van der Waals surface area contributed by atoms with E-state index in [1.807, 2.05) is 6.92 Å². The minimum absolute atomic E-state index is 0.164. The van der Waals surface area contributed by atoms with Crippen molar-refractivity contribution in [1.29, 1.82) is 0 Å². The van der Waals surface area contributed by atoms with Crippen LogP contribution in [0.25, 0.3) is 0 Å². The third kappa shape index (κ3) is 5.83. The van der Waals surface area contributed by atoms with Gasteiger partial charge in [-0.3, -0.25) is 9.59 Å². The third-order valence-corrected chi connectivity index (χ3v) is 1.70. The first kappa shape index (κ1) is 11.1. The first-order valence-electron chi connectivity index (χ1n) is 4.35. The highest BCUT2D eigenvalue weighted by Crippen LogP contribution is 2.01. The van der Waals surface area contributed by atoms with Gasteiger partial charge in [0, 0.05) is 25.7 Å². The summed E-state index contributed by atoms with van der Waals surface area (Å²) in [5.74, 6) is 0.332. The van der Waals surface area contributed by atoms with Gasteiger partial charge in [-0.05, 0) is 6.42 Å². The van der Waals surface area contributed by atoms with Crippen LogP contribution in [-0.4, -0.2) is 11.6 Å². The van der Waals surface area contributed by atoms with Crippen LogP contribution in [0.2, 0.25) is 0 Å². The van der Waals surface area contributed by atoms with E-state index >= 15 is 0 Å². The number of allylic oxidation sites excluding steroid dienone is 1. The van der Waals surface area contributed by atoms with Crippen LogP contribution in [0.15, 0.2) is 12.7 Å². The van der Waals surface area contributed by atoms with E-state index in [-0.39, 0.29) is 11.6 Å². The lowest BCUT2D eigenvalue weighted by atomic mass is 10.1. The van der Waals surface area contributed by atoms with Crippen LogP contribution in [-0.2, 0) is 9.59 Å². The van der Waals surface area contributed by atoms with Crippen molar-refractivity contribution in [3.8, 4) is 0 Å². The molecule has 0 radical (unpaired) electrons. The summed E-state index contributed by atoms with van der Waals surface area (Å²) < 4.78 is 0. The lowest BCUT2D eigenvalue weighted by Crippen LogP contribution is -2.02. The standard InChI is InChI=1S/C10H16O2/c1-3-5-6-10(12)8-7-9(11)4-2/h3H,1,4-8H2,2H3. The number of Topliss-reactive ketones (excluding diaryl/α,β-unsaturated/α-hetero) is 2. The molecule has 0 fully saturated rings. The number of hydrogen-bond donors (Lipinski definition) is 0. The number of carbonyl (C=O) groups is 2. The highest BCUT2D eigenvalue weighted by molar-refractivity contribution is 5.85. The molecule has 0 heterocycles. The molecule has 2 nitrogen and oxygen atoms in total. The van der Waals surface area contributed by atoms with Crippen molar-refractivity contribution in [2.75, 3.05) is 0 Å². The predicted molar refractivity (Wildman–Crippen MR) is 49.0 cm³/mol. The third-order valence-electron chi connectivity index (χ3n) is 1.70. The van der Waals surface area contributed by atoms with Crippen molar-refractivity contribution < 1.29 is 9.59 Å². The minimum Gasteiger partial charge on any atom is -0.300 e. The molecule has 0 aliphatic carbocycles. The van der Waals surface area contributed by atoms with Gasteiger partial charge >= 0.3 is 0 Å². The Balaban J connectivity index is 3.43. The number of carbonyl (C=O) groups excluding carboxylic acids is 2. The van der Waals surface area contributed by atoms with Gasteiger partial charge in [-0.15, -0.1) is 6.58 Å². The molecule has 0 bridgehead atoms. The molecule has 12 heavy (non-hydrogen) atoms. The first-order chi connectivity index (χ1) is 5.70. The molecule has 0 amide bonds. The van der Waals surface area contributed by atoms with Crippen molar-refractivity contribution in [2.24, 2.45) is 0 Å². The minimum atomic E-state index is 0.164. The summed E-state index contributed by atoms with van der Waals surface area (Å²) in [4.78, 5) is 21.8. The van der Waals surface area contributed by atoms with Crippen LogP contribution in [0, 0.1) is 0 Å². The Kier molecular flexibility index (Phi) is 6.25. The number of rotatable bonds is 7. The fourth-order valence-corrected chi connectivity index (χ4v) is 0.844. The van der Waals surface area contributed by atoms with E-state index in [9.17, 15) is 9.59 Å². The van der Waals surface area contributed by atoms with E-state index in [0.717, 1.165) is 6.42 Å². The largest absolute Gasteiger partial charge is 0.300 e. The van der Waals surface area contributed by atoms with Crippen LogP contribution < -0.4 is 0 Å². The Bertz CT molecular complexity index is 171. The maximum Gasteiger partial charge on any atom is 0.133 e. The zero-order chi connectivity index (χ0) is 9.40. The highest BCUT2D eigenvalue weighted by Gasteiger charge is 2.03. The van der Waals surface area contributed by atoms with Gasteiger partial charge in [-0.25, -0.2) is 0 Å². The van der Waals surface area contributed by atoms with E-state index < -0.39 is 0 Å². The lowest BCUT2D eigenvalue weighted by Gasteiger charge is -1.96. The fraction of sp³-hybridized carbons (Fsp3) is 0.600. The van der Waals surface area contributed by atoms with Crippen molar-refractivity contribution in [1.82, 2.24) is 0 Å². The molecule has 0 aromatic carbocycles. The molecule has 0 unspecified atom stereocenters. The molecule has 0 atom stereocenters. The quantitative estimate of drug-likeness (QED) is 0.546. The summed E-state index contributed by atoms with van der Waals surface area (Å²) in [7, 11) is 0. The van der Waals surface area contributed by atoms with Crippen LogP contribution >= 0.6 is 0 Å². The molecule has 0 aromatic rings. The maximum atomic E-state index is 11.0. The SMILES string of the molecule is C=CCCC(=O)CCC(=O)CC. The second-order valence-corrected chi connectivity index (χ2v) is 2.76. The zero-order valence-corrected chi connectivity index (χ0v) is 7.64. The van der Waals surface area contributed by atoms with Crippen LogP contribution in [0.4, 0.5) is 0 Å². The van der Waals surface area contributed by atoms with Gasteiger partial charge < -0.3 is 0 Å². The summed E-state index contributed by atoms with van der Waals surface area (Å²) in [6, 6.07) is 0. The van der Waals surface area contributed by atoms with E-state index in [2.05, 4.69) is 6.58 Å². The maximum absolute atomic E-state index is 11.0. The van der Waals surface area contributed by atoms with Crippen molar-refractivity contribution >= 4 is 11.6 Å². The van der Waals surface area contributed by atoms with Gasteiger partial charge in [0.1, 0.15) is 11.6 Å². The van der Waals surface area contributed by atoms with Gasteiger partial charge in [0.2, 0.25) is 0 Å². The van der Waals surface area contributed by atoms with Crippen LogP contribution in [0.1, 0.15) is 39.0 Å². The Hall–Kier alpha value is -0.920. The molecule has 68 valence electrons. The van der Waals surface area contributed by atoms with Gasteiger partial charge in [-0.2, -0.15) is 0 Å². The van der Waals surface area contributed by atoms with E-state index in [0.29, 0.717) is 25.7 Å². The van der Waals surface area contributed by atoms with Gasteiger partial charge in [0.05, 0.1) is 0 Å². The second kappa shape index (κ2) is 6.77. The monoisotopic (exact) mass is 168 g/mol. The summed E-state index contributed by atoms with van der Waals surface area (Å²) >= 11 is 0. The average molecular weight is 168 g/mol. The van der Waals surface area contributed by atoms with E-state index in [1.165, 1.54) is 0 Å². The van der Waals surface area contributed by atoms with Crippen LogP contribution in [0.3, 0.4) is 0 Å². The molecule has 0 aliphatic heterocycles. The first-order valence-corrected chi connectivity index (χ1v) is 4.35. The van der Waals surface area contributed by atoms with Gasteiger partial charge in [-0.1, -0.05) is 13.0 Å². The summed E-state index contributed by atoms with van der Waals surface area (Å²) in [5, 5.41) is 0. The lowest BCUT2D eigenvalue weighted by molar-refractivity contribution is -0.124. The van der Waals surface area contributed by atoms with Crippen LogP contribution in [0.5, 0.6) is 0 Å². The Labute approximate surface area is 73.7 Å². The second-order valence-electron chi connectivity index (χ2n) is 2.76. The van der Waals surface area contributed by atoms with Crippen molar-refractivity contribution in [3.05, 3.63) is 12.7 Å². The smallest absolute Gasteiger partial charge is 0.133 e. The molecule has 0 aromatic heterocycles. The topological polar surface area (TPSA) is 34.1 Å². The molecule has 2 heteroatoms. The van der Waals surface area contributed by atoms with E-state index in [1.54, 1.807) is 6.08 Å². The summed E-state index contributed by atoms with van der Waals surface area (Å²) in [6.07, 6.45) is 4.32. The molecule has 0 rings (SSSR count). The number of ketones is 2. The fourth-order valence-electron chi connectivity index (χ4n) is 0.844. The molecular formula is C10H16O2. The van der Waals surface area contributed by atoms with Crippen molar-refractivity contribution in [3.63, 3.8) is 0 Å². The normalized spacial score (nSPS) is 9.42. The average Bonchev–Trinajstić information content (AvgIpc) is 2.10. The van der Waals surface area contributed by atoms with Crippen molar-refractivity contribution in [2.45, 2.75) is 39.0 Å². The summed E-state index contributed by atoms with van der Waals surface area (Å²) in [6.45, 7) is 5.34. The zero-order valence-electron chi connectivity index (χ0n) is 7.64. The molecule has 0 aliphatic rings. The Morgan fingerprint density at radius 3 is 2.25 bits per heavy atom. The molecular weight excluding hydrogens is 152 g/mol. The molecule has 0 N–H and O–H groups in total. The summed E-state index contributed by atoms with van der Waals surface area (Å²) in [5.41, 5.74) is 0. The Morgan fingerprint density at radius 2 is 1.75 bits per heavy atom. The van der Waals surface area contributed by atoms with E-state index in [4.69, 9.17) is 0 Å². The van der Waals surface area contributed by atoms with Gasteiger partial charge in [0.15, 0.2) is 0 Å².